The molecule has 0 saturated heterocycles. The van der Waals surface area contributed by atoms with Crippen LogP contribution in [0.2, 0.25) is 0 Å². The van der Waals surface area contributed by atoms with Crippen molar-refractivity contribution in [2.24, 2.45) is 0 Å². The minimum atomic E-state index is -3.67. The molecule has 0 amide bonds. The van der Waals surface area contributed by atoms with Crippen molar-refractivity contribution in [1.82, 2.24) is 14.5 Å². The summed E-state index contributed by atoms with van der Waals surface area (Å²) in [6.07, 6.45) is 12.3. The Morgan fingerprint density at radius 3 is 2.55 bits per heavy atom. The molecule has 0 spiro atoms. The monoisotopic (exact) mass is 535 g/mol. The lowest BCUT2D eigenvalue weighted by molar-refractivity contribution is 0.315. The summed E-state index contributed by atoms with van der Waals surface area (Å²) in [5, 5.41) is 6.34. The number of sulfonamides is 1. The largest absolute Gasteiger partial charge is 0.265 e. The highest BCUT2D eigenvalue weighted by Gasteiger charge is 2.30. The van der Waals surface area contributed by atoms with Gasteiger partial charge < -0.3 is 0 Å². The zero-order valence-electron chi connectivity index (χ0n) is 22.2. The van der Waals surface area contributed by atoms with E-state index in [4.69, 9.17) is 5.10 Å². The van der Waals surface area contributed by atoms with Crippen LogP contribution in [0.4, 0.5) is 4.39 Å². The van der Waals surface area contributed by atoms with Gasteiger partial charge in [0.1, 0.15) is 5.82 Å². The maximum absolute atomic E-state index is 14.0. The molecule has 2 aromatic carbocycles. The van der Waals surface area contributed by atoms with Crippen LogP contribution < -0.4 is 4.72 Å². The lowest BCUT2D eigenvalue weighted by Gasteiger charge is -2.27. The number of rotatable bonds is 8. The molecule has 1 unspecified atom stereocenters. The number of nitrogens with zero attached hydrogens (tertiary/aromatic N) is 2. The van der Waals surface area contributed by atoms with E-state index >= 15 is 0 Å². The summed E-state index contributed by atoms with van der Waals surface area (Å²) in [5.74, 6) is 0.0295. The number of hydrogen-bond donors (Lipinski definition) is 1. The third kappa shape index (κ3) is 6.44. The summed E-state index contributed by atoms with van der Waals surface area (Å²) in [5.41, 5.74) is 5.07. The zero-order valence-corrected chi connectivity index (χ0v) is 23.0. The second-order valence-electron chi connectivity index (χ2n) is 10.9. The molecule has 1 saturated carbocycles. The molecule has 2 aliphatic carbocycles. The van der Waals surface area contributed by atoms with Crippen LogP contribution in [0.15, 0.2) is 60.0 Å². The Morgan fingerprint density at radius 2 is 1.79 bits per heavy atom. The van der Waals surface area contributed by atoms with Gasteiger partial charge in [-0.05, 0) is 74.8 Å². The first-order valence-electron chi connectivity index (χ1n) is 14.0. The molecule has 2 aliphatic rings. The molecule has 3 aromatic rings. The Bertz CT molecular complexity index is 1360. The van der Waals surface area contributed by atoms with Gasteiger partial charge in [0.2, 0.25) is 10.0 Å². The van der Waals surface area contributed by atoms with Crippen molar-refractivity contribution < 1.29 is 12.8 Å². The van der Waals surface area contributed by atoms with Crippen LogP contribution in [0.25, 0.3) is 6.08 Å². The van der Waals surface area contributed by atoms with E-state index in [-0.39, 0.29) is 17.8 Å². The summed E-state index contributed by atoms with van der Waals surface area (Å²) in [6.45, 7) is 1.85. The first kappa shape index (κ1) is 26.8. The van der Waals surface area contributed by atoms with Crippen molar-refractivity contribution in [2.75, 3.05) is 0 Å². The Morgan fingerprint density at radius 1 is 1.03 bits per heavy atom. The van der Waals surface area contributed by atoms with Crippen molar-refractivity contribution in [3.8, 4) is 0 Å². The van der Waals surface area contributed by atoms with E-state index in [0.717, 1.165) is 67.3 Å². The Labute approximate surface area is 226 Å². The van der Waals surface area contributed by atoms with Crippen LogP contribution >= 0.6 is 0 Å². The van der Waals surface area contributed by atoms with Crippen LogP contribution in [0, 0.1) is 5.82 Å². The minimum Gasteiger partial charge on any atom is -0.265 e. The van der Waals surface area contributed by atoms with E-state index in [1.807, 2.05) is 43.3 Å². The van der Waals surface area contributed by atoms with Gasteiger partial charge in [0.05, 0.1) is 11.7 Å². The van der Waals surface area contributed by atoms with E-state index in [2.05, 4.69) is 9.40 Å². The van der Waals surface area contributed by atoms with Crippen molar-refractivity contribution in [2.45, 2.75) is 89.1 Å². The van der Waals surface area contributed by atoms with Gasteiger partial charge in [0.25, 0.3) is 0 Å². The molecule has 38 heavy (non-hydrogen) atoms. The first-order chi connectivity index (χ1) is 18.4. The smallest absolute Gasteiger partial charge is 0.234 e. The van der Waals surface area contributed by atoms with Crippen LogP contribution in [0.5, 0.6) is 0 Å². The second kappa shape index (κ2) is 12.0. The van der Waals surface area contributed by atoms with Crippen molar-refractivity contribution in [1.29, 1.82) is 0 Å². The lowest BCUT2D eigenvalue weighted by atomic mass is 9.89. The summed E-state index contributed by atoms with van der Waals surface area (Å²) in [6, 6.07) is 16.5. The number of hydrogen-bond acceptors (Lipinski definition) is 3. The van der Waals surface area contributed by atoms with E-state index in [0.29, 0.717) is 6.04 Å². The number of benzene rings is 2. The van der Waals surface area contributed by atoms with Gasteiger partial charge in [-0.2, -0.15) is 5.10 Å². The first-order valence-corrected chi connectivity index (χ1v) is 15.6. The predicted molar refractivity (Wildman–Crippen MR) is 151 cm³/mol. The predicted octanol–water partition coefficient (Wildman–Crippen LogP) is 7.23. The number of aromatic nitrogens is 2. The molecular weight excluding hydrogens is 497 g/mol. The average Bonchev–Trinajstić information content (AvgIpc) is 3.16. The number of fused-ring (bicyclic) bond motifs is 1. The van der Waals surface area contributed by atoms with Crippen molar-refractivity contribution in [3.05, 3.63) is 93.9 Å². The quantitative estimate of drug-likeness (QED) is 0.310. The standard InChI is InChI=1S/C31H38FN3O2S/c1-23(25-12-4-2-5-13-25)34-38(36,37)20-19-30-29-18-9-8-14-26(21-24-11-10-15-27(32)22-24)31(29)35(33-30)28-16-6-3-7-17-28/h2,4-5,10-13,15,19-20,22-23,26,28,34H,3,6-9,14,16-18,21H2,1H3/b20-19+/t23-,26?/m0/s1. The summed E-state index contributed by atoms with van der Waals surface area (Å²) >= 11 is 0. The van der Waals surface area contributed by atoms with Crippen molar-refractivity contribution >= 4 is 16.1 Å². The number of nitrogens with one attached hydrogen (secondary N) is 1. The molecular formula is C31H38FN3O2S. The van der Waals surface area contributed by atoms with Crippen LogP contribution in [0.3, 0.4) is 0 Å². The number of halogens is 1. The fourth-order valence-corrected chi connectivity index (χ4v) is 7.17. The van der Waals surface area contributed by atoms with Gasteiger partial charge in [-0.1, -0.05) is 68.1 Å². The maximum Gasteiger partial charge on any atom is 0.234 e. The third-order valence-electron chi connectivity index (χ3n) is 8.03. The van der Waals surface area contributed by atoms with Gasteiger partial charge in [-0.25, -0.2) is 17.5 Å². The normalized spacial score (nSPS) is 19.8. The average molecular weight is 536 g/mol. The van der Waals surface area contributed by atoms with Gasteiger partial charge in [-0.3, -0.25) is 4.68 Å². The van der Waals surface area contributed by atoms with E-state index < -0.39 is 10.0 Å². The highest BCUT2D eigenvalue weighted by molar-refractivity contribution is 7.92. The Balaban J connectivity index is 1.47. The third-order valence-corrected chi connectivity index (χ3v) is 9.21. The molecule has 0 bridgehead atoms. The summed E-state index contributed by atoms with van der Waals surface area (Å²) < 4.78 is 45.0. The fourth-order valence-electron chi connectivity index (χ4n) is 6.15. The second-order valence-corrected chi connectivity index (χ2v) is 12.5. The summed E-state index contributed by atoms with van der Waals surface area (Å²) in [7, 11) is -3.67. The van der Waals surface area contributed by atoms with Gasteiger partial charge in [-0.15, -0.1) is 0 Å². The molecule has 0 aliphatic heterocycles. The molecule has 5 rings (SSSR count). The van der Waals surface area contributed by atoms with Gasteiger partial charge in [0.15, 0.2) is 0 Å². The SMILES string of the molecule is C[C@H](NS(=O)(=O)/C=C/c1nn(C2CCCCC2)c2c1CCCCC2Cc1cccc(F)c1)c1ccccc1. The van der Waals surface area contributed by atoms with Gasteiger partial charge in [0, 0.05) is 28.6 Å². The molecule has 1 fully saturated rings. The fraction of sp³-hybridized carbons (Fsp3) is 0.452. The minimum absolute atomic E-state index is 0.205. The van der Waals surface area contributed by atoms with E-state index in [1.165, 1.54) is 36.4 Å². The highest BCUT2D eigenvalue weighted by atomic mass is 32.2. The topological polar surface area (TPSA) is 64.0 Å². The molecule has 1 N–H and O–H groups in total. The molecule has 1 aromatic heterocycles. The molecule has 202 valence electrons. The molecule has 5 nitrogen and oxygen atoms in total. The maximum atomic E-state index is 14.0. The van der Waals surface area contributed by atoms with Crippen molar-refractivity contribution in [3.63, 3.8) is 0 Å². The van der Waals surface area contributed by atoms with Crippen LogP contribution in [0.1, 0.15) is 104 Å². The van der Waals surface area contributed by atoms with Crippen LogP contribution in [-0.2, 0) is 22.9 Å². The van der Waals surface area contributed by atoms with E-state index in [1.54, 1.807) is 18.2 Å². The Kier molecular flexibility index (Phi) is 8.44. The summed E-state index contributed by atoms with van der Waals surface area (Å²) in [4.78, 5) is 0. The molecule has 1 heterocycles. The van der Waals surface area contributed by atoms with Crippen LogP contribution in [-0.4, -0.2) is 18.2 Å². The zero-order chi connectivity index (χ0) is 26.5. The highest BCUT2D eigenvalue weighted by Crippen LogP contribution is 2.39. The Hall–Kier alpha value is -2.77. The molecule has 0 radical (unpaired) electrons. The van der Waals surface area contributed by atoms with Gasteiger partial charge >= 0.3 is 0 Å². The molecule has 2 atom stereocenters. The van der Waals surface area contributed by atoms with E-state index in [9.17, 15) is 12.8 Å². The molecule has 7 heteroatoms. The lowest BCUT2D eigenvalue weighted by Crippen LogP contribution is -2.24.